The van der Waals surface area contributed by atoms with E-state index in [0.717, 1.165) is 40.1 Å². The molecule has 5 heteroatoms. The van der Waals surface area contributed by atoms with Crippen LogP contribution >= 0.6 is 22.9 Å². The van der Waals surface area contributed by atoms with Crippen LogP contribution in [0, 0.1) is 0 Å². The number of halogens is 1. The van der Waals surface area contributed by atoms with Crippen LogP contribution in [0.5, 0.6) is 0 Å². The summed E-state index contributed by atoms with van der Waals surface area (Å²) in [5, 5.41) is 3.82. The lowest BCUT2D eigenvalue weighted by atomic mass is 10.2. The Morgan fingerprint density at radius 3 is 2.81 bits per heavy atom. The Kier molecular flexibility index (Phi) is 4.03. The minimum atomic E-state index is 0.116. The molecule has 0 radical (unpaired) electrons. The highest BCUT2D eigenvalue weighted by Gasteiger charge is 2.25. The zero-order valence-corrected chi connectivity index (χ0v) is 16.1. The van der Waals surface area contributed by atoms with Gasteiger partial charge in [0.15, 0.2) is 0 Å². The second-order valence-electron chi connectivity index (χ2n) is 6.72. The molecule has 4 aromatic rings. The molecule has 0 bridgehead atoms. The molecule has 134 valence electrons. The van der Waals surface area contributed by atoms with Gasteiger partial charge in [0, 0.05) is 28.2 Å². The maximum absolute atomic E-state index is 13.2. The van der Waals surface area contributed by atoms with Crippen LogP contribution in [0.2, 0.25) is 5.02 Å². The Hall–Kier alpha value is -2.56. The van der Waals surface area contributed by atoms with Gasteiger partial charge in [-0.25, -0.2) is 0 Å². The number of para-hydroxylation sites is 1. The number of amides is 1. The first-order chi connectivity index (χ1) is 13.2. The van der Waals surface area contributed by atoms with E-state index in [2.05, 4.69) is 28.1 Å². The van der Waals surface area contributed by atoms with Crippen molar-refractivity contribution in [3.63, 3.8) is 0 Å². The standard InChI is InChI=1S/C22H17ClN2OS/c23-17-7-8-19-16(12-17)13-20(21-6-3-11-27-21)25(19)14-22(26)24-10-9-15-4-1-2-5-18(15)24/h1-8,11-13H,9-10,14H2. The molecule has 2 aromatic heterocycles. The van der Waals surface area contributed by atoms with E-state index in [0.29, 0.717) is 11.6 Å². The summed E-state index contributed by atoms with van der Waals surface area (Å²) >= 11 is 7.87. The summed E-state index contributed by atoms with van der Waals surface area (Å²) in [4.78, 5) is 16.3. The number of aromatic nitrogens is 1. The molecule has 0 saturated heterocycles. The molecular formula is C22H17ClN2OS. The van der Waals surface area contributed by atoms with Gasteiger partial charge in [-0.15, -0.1) is 11.3 Å². The zero-order chi connectivity index (χ0) is 18.4. The molecule has 1 aliphatic rings. The lowest BCUT2D eigenvalue weighted by Gasteiger charge is -2.19. The number of rotatable bonds is 3. The maximum Gasteiger partial charge on any atom is 0.246 e. The normalized spacial score (nSPS) is 13.3. The number of carbonyl (C=O) groups is 1. The van der Waals surface area contributed by atoms with E-state index in [1.165, 1.54) is 5.56 Å². The first-order valence-corrected chi connectivity index (χ1v) is 10.2. The average molecular weight is 393 g/mol. The van der Waals surface area contributed by atoms with Crippen LogP contribution in [0.25, 0.3) is 21.5 Å². The van der Waals surface area contributed by atoms with E-state index >= 15 is 0 Å². The van der Waals surface area contributed by atoms with Gasteiger partial charge in [0.05, 0.1) is 10.6 Å². The third-order valence-electron chi connectivity index (χ3n) is 5.12. The maximum atomic E-state index is 13.2. The van der Waals surface area contributed by atoms with Gasteiger partial charge < -0.3 is 9.47 Å². The Balaban J connectivity index is 1.57. The lowest BCUT2D eigenvalue weighted by molar-refractivity contribution is -0.119. The molecule has 0 spiro atoms. The van der Waals surface area contributed by atoms with Gasteiger partial charge in [-0.3, -0.25) is 4.79 Å². The summed E-state index contributed by atoms with van der Waals surface area (Å²) in [5.41, 5.74) is 4.37. The third kappa shape index (κ3) is 2.85. The van der Waals surface area contributed by atoms with Crippen molar-refractivity contribution in [3.05, 3.63) is 76.6 Å². The fourth-order valence-corrected chi connectivity index (χ4v) is 4.79. The molecular weight excluding hydrogens is 376 g/mol. The van der Waals surface area contributed by atoms with Crippen molar-refractivity contribution in [2.75, 3.05) is 11.4 Å². The lowest BCUT2D eigenvalue weighted by Crippen LogP contribution is -2.32. The number of hydrogen-bond acceptors (Lipinski definition) is 2. The van der Waals surface area contributed by atoms with E-state index in [4.69, 9.17) is 11.6 Å². The Morgan fingerprint density at radius 2 is 1.96 bits per heavy atom. The largest absolute Gasteiger partial charge is 0.330 e. The van der Waals surface area contributed by atoms with Crippen molar-refractivity contribution in [1.82, 2.24) is 4.57 Å². The van der Waals surface area contributed by atoms with Gasteiger partial charge in [0.25, 0.3) is 0 Å². The van der Waals surface area contributed by atoms with Gasteiger partial charge in [0.1, 0.15) is 6.54 Å². The van der Waals surface area contributed by atoms with Crippen LogP contribution in [0.3, 0.4) is 0 Å². The fourth-order valence-electron chi connectivity index (χ4n) is 3.86. The first kappa shape index (κ1) is 16.6. The van der Waals surface area contributed by atoms with Crippen LogP contribution in [0.4, 0.5) is 5.69 Å². The van der Waals surface area contributed by atoms with Crippen molar-refractivity contribution in [2.45, 2.75) is 13.0 Å². The number of benzene rings is 2. The molecule has 3 nitrogen and oxygen atoms in total. The average Bonchev–Trinajstić information content (AvgIpc) is 3.40. The molecule has 2 aromatic carbocycles. The molecule has 1 aliphatic heterocycles. The molecule has 1 amide bonds. The van der Waals surface area contributed by atoms with Gasteiger partial charge in [-0.2, -0.15) is 0 Å². The summed E-state index contributed by atoms with van der Waals surface area (Å²) in [6.07, 6.45) is 0.918. The summed E-state index contributed by atoms with van der Waals surface area (Å²) in [7, 11) is 0. The molecule has 0 N–H and O–H groups in total. The van der Waals surface area contributed by atoms with E-state index in [-0.39, 0.29) is 5.91 Å². The molecule has 0 atom stereocenters. The molecule has 0 aliphatic carbocycles. The van der Waals surface area contributed by atoms with Crippen molar-refractivity contribution in [3.8, 4) is 10.6 Å². The topological polar surface area (TPSA) is 25.2 Å². The highest BCUT2D eigenvalue weighted by atomic mass is 35.5. The van der Waals surface area contributed by atoms with Gasteiger partial charge in [-0.1, -0.05) is 35.9 Å². The number of carbonyl (C=O) groups excluding carboxylic acids is 1. The molecule has 0 fully saturated rings. The number of fused-ring (bicyclic) bond motifs is 2. The highest BCUT2D eigenvalue weighted by molar-refractivity contribution is 7.13. The van der Waals surface area contributed by atoms with Crippen molar-refractivity contribution >= 4 is 45.4 Å². The van der Waals surface area contributed by atoms with Gasteiger partial charge in [-0.05, 0) is 53.8 Å². The molecule has 5 rings (SSSR count). The van der Waals surface area contributed by atoms with Crippen molar-refractivity contribution in [2.24, 2.45) is 0 Å². The summed E-state index contributed by atoms with van der Waals surface area (Å²) in [5.74, 6) is 0.116. The Labute approximate surface area is 166 Å². The second kappa shape index (κ2) is 6.55. The van der Waals surface area contributed by atoms with Crippen LogP contribution in [0.15, 0.2) is 66.0 Å². The summed E-state index contributed by atoms with van der Waals surface area (Å²) in [6.45, 7) is 1.06. The zero-order valence-electron chi connectivity index (χ0n) is 14.6. The van der Waals surface area contributed by atoms with Gasteiger partial charge in [0.2, 0.25) is 5.91 Å². The Morgan fingerprint density at radius 1 is 1.07 bits per heavy atom. The Bertz CT molecular complexity index is 1150. The SMILES string of the molecule is O=C(Cn1c(-c2cccs2)cc2cc(Cl)ccc21)N1CCc2ccccc21. The first-order valence-electron chi connectivity index (χ1n) is 8.91. The van der Waals surface area contributed by atoms with E-state index < -0.39 is 0 Å². The number of nitrogens with zero attached hydrogens (tertiary/aromatic N) is 2. The quantitative estimate of drug-likeness (QED) is 0.444. The highest BCUT2D eigenvalue weighted by Crippen LogP contribution is 2.33. The minimum Gasteiger partial charge on any atom is -0.330 e. The van der Waals surface area contributed by atoms with Crippen molar-refractivity contribution in [1.29, 1.82) is 0 Å². The number of hydrogen-bond donors (Lipinski definition) is 0. The van der Waals surface area contributed by atoms with E-state index in [9.17, 15) is 4.79 Å². The van der Waals surface area contributed by atoms with E-state index in [1.54, 1.807) is 11.3 Å². The second-order valence-corrected chi connectivity index (χ2v) is 8.10. The van der Waals surface area contributed by atoms with Gasteiger partial charge >= 0.3 is 0 Å². The summed E-state index contributed by atoms with van der Waals surface area (Å²) in [6, 6.07) is 20.3. The molecule has 0 saturated carbocycles. The van der Waals surface area contributed by atoms with Crippen molar-refractivity contribution < 1.29 is 4.79 Å². The van der Waals surface area contributed by atoms with Crippen LogP contribution in [0.1, 0.15) is 5.56 Å². The summed E-state index contributed by atoms with van der Waals surface area (Å²) < 4.78 is 2.11. The van der Waals surface area contributed by atoms with Crippen LogP contribution < -0.4 is 4.90 Å². The van der Waals surface area contributed by atoms with E-state index in [1.807, 2.05) is 47.4 Å². The molecule has 0 unspecified atom stereocenters. The predicted octanol–water partition coefficient (Wildman–Crippen LogP) is 5.61. The number of anilines is 1. The smallest absolute Gasteiger partial charge is 0.246 e. The van der Waals surface area contributed by atoms with Crippen LogP contribution in [-0.2, 0) is 17.8 Å². The monoisotopic (exact) mass is 392 g/mol. The number of thiophene rings is 1. The minimum absolute atomic E-state index is 0.116. The predicted molar refractivity (Wildman–Crippen MR) is 113 cm³/mol. The molecule has 3 heterocycles. The molecule has 27 heavy (non-hydrogen) atoms. The third-order valence-corrected chi connectivity index (χ3v) is 6.25. The van der Waals surface area contributed by atoms with Crippen LogP contribution in [-0.4, -0.2) is 17.0 Å². The fraction of sp³-hybridized carbons (Fsp3) is 0.136.